The number of nitrogens with zero attached hydrogens (tertiary/aromatic N) is 2. The molecule has 1 aliphatic rings. The Balaban J connectivity index is 2.23. The van der Waals surface area contributed by atoms with E-state index in [0.717, 1.165) is 12.8 Å². The smallest absolute Gasteiger partial charge is 0.292 e. The van der Waals surface area contributed by atoms with E-state index in [0.29, 0.717) is 5.89 Å². The minimum atomic E-state index is -0.473. The summed E-state index contributed by atoms with van der Waals surface area (Å²) in [6, 6.07) is 0. The number of hydrogen-bond acceptors (Lipinski definition) is 5. The molecule has 0 aliphatic heterocycles. The van der Waals surface area contributed by atoms with Gasteiger partial charge in [0.05, 0.1) is 5.54 Å². The zero-order valence-corrected chi connectivity index (χ0v) is 7.20. The first kappa shape index (κ1) is 8.18. The molecule has 1 aliphatic carbocycles. The van der Waals surface area contributed by atoms with E-state index in [9.17, 15) is 4.79 Å². The average Bonchev–Trinajstić information content (AvgIpc) is 2.72. The maximum atomic E-state index is 11.0. The van der Waals surface area contributed by atoms with Crippen molar-refractivity contribution in [1.29, 1.82) is 0 Å². The van der Waals surface area contributed by atoms with Gasteiger partial charge in [0.15, 0.2) is 0 Å². The van der Waals surface area contributed by atoms with Crippen molar-refractivity contribution in [3.63, 3.8) is 0 Å². The lowest BCUT2D eigenvalue weighted by molar-refractivity contribution is 0.0950. The highest BCUT2D eigenvalue weighted by molar-refractivity contribution is 5.89. The van der Waals surface area contributed by atoms with Crippen LogP contribution in [0.2, 0.25) is 0 Å². The highest BCUT2D eigenvalue weighted by Crippen LogP contribution is 2.41. The van der Waals surface area contributed by atoms with Crippen molar-refractivity contribution in [2.24, 2.45) is 5.73 Å². The Morgan fingerprint density at radius 1 is 1.69 bits per heavy atom. The van der Waals surface area contributed by atoms with E-state index in [4.69, 9.17) is 10.3 Å². The molecule has 0 spiro atoms. The first-order valence-electron chi connectivity index (χ1n) is 4.01. The number of carbonyl (C=O) groups is 1. The minimum absolute atomic E-state index is 0.0363. The summed E-state index contributed by atoms with van der Waals surface area (Å²) in [6.07, 6.45) is 1.67. The second-order valence-corrected chi connectivity index (χ2v) is 3.16. The van der Waals surface area contributed by atoms with Crippen LogP contribution in [0.15, 0.2) is 4.52 Å². The van der Waals surface area contributed by atoms with E-state index in [1.807, 2.05) is 0 Å². The van der Waals surface area contributed by atoms with E-state index in [1.54, 1.807) is 0 Å². The van der Waals surface area contributed by atoms with Crippen molar-refractivity contribution in [3.8, 4) is 0 Å². The maximum absolute atomic E-state index is 11.0. The molecule has 13 heavy (non-hydrogen) atoms. The van der Waals surface area contributed by atoms with Gasteiger partial charge in [-0.15, -0.1) is 0 Å². The SMILES string of the molecule is CNC(=O)c1noc(C2(N)CC2)n1. The fourth-order valence-electron chi connectivity index (χ4n) is 0.978. The molecule has 0 aromatic carbocycles. The van der Waals surface area contributed by atoms with Crippen molar-refractivity contribution in [2.45, 2.75) is 18.4 Å². The Hall–Kier alpha value is -1.43. The molecule has 1 fully saturated rings. The van der Waals surface area contributed by atoms with Crippen molar-refractivity contribution >= 4 is 5.91 Å². The van der Waals surface area contributed by atoms with Gasteiger partial charge in [-0.05, 0) is 12.8 Å². The minimum Gasteiger partial charge on any atom is -0.352 e. The Morgan fingerprint density at radius 2 is 2.38 bits per heavy atom. The van der Waals surface area contributed by atoms with Crippen molar-refractivity contribution in [1.82, 2.24) is 15.5 Å². The first-order valence-corrected chi connectivity index (χ1v) is 4.01. The number of hydrogen-bond donors (Lipinski definition) is 2. The fraction of sp³-hybridized carbons (Fsp3) is 0.571. The van der Waals surface area contributed by atoms with Crippen LogP contribution in [0.4, 0.5) is 0 Å². The Kier molecular flexibility index (Phi) is 1.59. The van der Waals surface area contributed by atoms with E-state index in [1.165, 1.54) is 7.05 Å². The molecule has 2 rings (SSSR count). The molecular formula is C7H10N4O2. The van der Waals surface area contributed by atoms with Gasteiger partial charge in [0.25, 0.3) is 11.7 Å². The number of carbonyl (C=O) groups excluding carboxylic acids is 1. The zero-order valence-electron chi connectivity index (χ0n) is 7.20. The molecule has 1 amide bonds. The lowest BCUT2D eigenvalue weighted by atomic mass is 10.3. The molecule has 70 valence electrons. The van der Waals surface area contributed by atoms with E-state index in [-0.39, 0.29) is 11.7 Å². The number of nitrogens with one attached hydrogen (secondary N) is 1. The molecule has 0 bridgehead atoms. The summed E-state index contributed by atoms with van der Waals surface area (Å²) in [5.74, 6) is 0.0274. The quantitative estimate of drug-likeness (QED) is 0.635. The molecule has 0 saturated heterocycles. The van der Waals surface area contributed by atoms with Crippen LogP contribution < -0.4 is 11.1 Å². The fourth-order valence-corrected chi connectivity index (χ4v) is 0.978. The zero-order chi connectivity index (χ0) is 9.47. The first-order chi connectivity index (χ1) is 6.15. The molecule has 0 unspecified atom stereocenters. The molecule has 1 aromatic heterocycles. The van der Waals surface area contributed by atoms with Crippen molar-refractivity contribution in [2.75, 3.05) is 7.05 Å². The van der Waals surface area contributed by atoms with Gasteiger partial charge >= 0.3 is 0 Å². The van der Waals surface area contributed by atoms with Gasteiger partial charge in [0, 0.05) is 7.05 Å². The Morgan fingerprint density at radius 3 is 2.92 bits per heavy atom. The van der Waals surface area contributed by atoms with Gasteiger partial charge < -0.3 is 15.6 Å². The number of nitrogens with two attached hydrogens (primary N) is 1. The van der Waals surface area contributed by atoms with Crippen LogP contribution in [0.3, 0.4) is 0 Å². The van der Waals surface area contributed by atoms with Crippen molar-refractivity contribution in [3.05, 3.63) is 11.7 Å². The lowest BCUT2D eigenvalue weighted by Gasteiger charge is -1.97. The third-order valence-corrected chi connectivity index (χ3v) is 2.07. The van der Waals surface area contributed by atoms with Crippen LogP contribution >= 0.6 is 0 Å². The lowest BCUT2D eigenvalue weighted by Crippen LogP contribution is -2.21. The average molecular weight is 182 g/mol. The van der Waals surface area contributed by atoms with Crippen LogP contribution in [-0.4, -0.2) is 23.1 Å². The highest BCUT2D eigenvalue weighted by Gasteiger charge is 2.45. The van der Waals surface area contributed by atoms with E-state index >= 15 is 0 Å². The summed E-state index contributed by atoms with van der Waals surface area (Å²) in [6.45, 7) is 0. The number of rotatable bonds is 2. The summed E-state index contributed by atoms with van der Waals surface area (Å²) >= 11 is 0. The Bertz CT molecular complexity index is 342. The highest BCUT2D eigenvalue weighted by atomic mass is 16.5. The predicted octanol–water partition coefficient (Wildman–Crippen LogP) is -0.623. The molecule has 6 heteroatoms. The summed E-state index contributed by atoms with van der Waals surface area (Å²) in [5, 5.41) is 5.92. The van der Waals surface area contributed by atoms with Crippen LogP contribution in [-0.2, 0) is 5.54 Å². The third-order valence-electron chi connectivity index (χ3n) is 2.07. The van der Waals surface area contributed by atoms with Gasteiger partial charge in [-0.2, -0.15) is 4.98 Å². The predicted molar refractivity (Wildman–Crippen MR) is 42.8 cm³/mol. The van der Waals surface area contributed by atoms with E-state index in [2.05, 4.69) is 15.5 Å². The largest absolute Gasteiger partial charge is 0.352 e. The summed E-state index contributed by atoms with van der Waals surface area (Å²) < 4.78 is 4.87. The van der Waals surface area contributed by atoms with E-state index < -0.39 is 5.54 Å². The maximum Gasteiger partial charge on any atom is 0.292 e. The summed E-state index contributed by atoms with van der Waals surface area (Å²) in [5.41, 5.74) is 5.32. The van der Waals surface area contributed by atoms with Gasteiger partial charge in [-0.25, -0.2) is 0 Å². The molecular weight excluding hydrogens is 172 g/mol. The normalized spacial score (nSPS) is 18.3. The van der Waals surface area contributed by atoms with Gasteiger partial charge in [0.1, 0.15) is 0 Å². The second-order valence-electron chi connectivity index (χ2n) is 3.16. The molecule has 0 atom stereocenters. The van der Waals surface area contributed by atoms with Crippen LogP contribution in [0.25, 0.3) is 0 Å². The van der Waals surface area contributed by atoms with Crippen LogP contribution in [0.5, 0.6) is 0 Å². The van der Waals surface area contributed by atoms with Crippen molar-refractivity contribution < 1.29 is 9.32 Å². The van der Waals surface area contributed by atoms with Crippen LogP contribution in [0.1, 0.15) is 29.4 Å². The topological polar surface area (TPSA) is 94.0 Å². The number of aromatic nitrogens is 2. The second kappa shape index (κ2) is 2.53. The Labute approximate surface area is 74.5 Å². The number of amides is 1. The molecule has 1 saturated carbocycles. The molecule has 1 aromatic rings. The summed E-state index contributed by atoms with van der Waals surface area (Å²) in [7, 11) is 1.51. The monoisotopic (exact) mass is 182 g/mol. The van der Waals surface area contributed by atoms with Crippen LogP contribution in [0, 0.1) is 0 Å². The standard InChI is InChI=1S/C7H10N4O2/c1-9-5(12)4-10-6(13-11-4)7(8)2-3-7/h2-3,8H2,1H3,(H,9,12). The molecule has 6 nitrogen and oxygen atoms in total. The molecule has 1 heterocycles. The third kappa shape index (κ3) is 1.29. The molecule has 0 radical (unpaired) electrons. The molecule has 3 N–H and O–H groups in total. The summed E-state index contributed by atoms with van der Waals surface area (Å²) in [4.78, 5) is 14.9. The van der Waals surface area contributed by atoms with Gasteiger partial charge in [0.2, 0.25) is 5.89 Å². The van der Waals surface area contributed by atoms with Gasteiger partial charge in [-0.3, -0.25) is 4.79 Å². The van der Waals surface area contributed by atoms with Gasteiger partial charge in [-0.1, -0.05) is 5.16 Å².